The fraction of sp³-hybridized carbons (Fsp3) is 0.556. The van der Waals surface area contributed by atoms with Crippen LogP contribution in [0.1, 0.15) is 19.3 Å². The van der Waals surface area contributed by atoms with Gasteiger partial charge in [0, 0.05) is 12.6 Å². The molecule has 0 aliphatic heterocycles. The van der Waals surface area contributed by atoms with Crippen LogP contribution >= 0.6 is 0 Å². The second-order valence-electron chi connectivity index (χ2n) is 2.75. The predicted octanol–water partition coefficient (Wildman–Crippen LogP) is 2.17. The number of nitrogens with zero attached hydrogens (tertiary/aromatic N) is 1. The number of rotatable bonds is 4. The minimum absolute atomic E-state index is 0.760. The third-order valence-corrected chi connectivity index (χ3v) is 2.12. The lowest BCUT2D eigenvalue weighted by Gasteiger charge is -2.35. The van der Waals surface area contributed by atoms with Gasteiger partial charge in [-0.3, -0.25) is 0 Å². The highest BCUT2D eigenvalue weighted by Crippen LogP contribution is 2.24. The van der Waals surface area contributed by atoms with Gasteiger partial charge in [0.1, 0.15) is 0 Å². The van der Waals surface area contributed by atoms with E-state index in [1.54, 1.807) is 0 Å². The van der Waals surface area contributed by atoms with Crippen LogP contribution in [0, 0.1) is 0 Å². The van der Waals surface area contributed by atoms with E-state index in [9.17, 15) is 0 Å². The molecule has 0 saturated heterocycles. The van der Waals surface area contributed by atoms with Crippen LogP contribution in [0.4, 0.5) is 0 Å². The Hall–Kier alpha value is -0.720. The molecule has 10 heavy (non-hydrogen) atoms. The molecule has 0 radical (unpaired) electrons. The first-order valence-corrected chi connectivity index (χ1v) is 3.87. The second-order valence-corrected chi connectivity index (χ2v) is 2.75. The Labute approximate surface area is 63.0 Å². The smallest absolute Gasteiger partial charge is 0.0354 e. The summed E-state index contributed by atoms with van der Waals surface area (Å²) in [7, 11) is 0. The maximum Gasteiger partial charge on any atom is 0.0354 e. The van der Waals surface area contributed by atoms with E-state index in [4.69, 9.17) is 0 Å². The largest absolute Gasteiger partial charge is 0.371 e. The van der Waals surface area contributed by atoms with Crippen LogP contribution in [-0.2, 0) is 0 Å². The van der Waals surface area contributed by atoms with Crippen molar-refractivity contribution >= 4 is 0 Å². The summed E-state index contributed by atoms with van der Waals surface area (Å²) in [4.78, 5) is 2.26. The summed E-state index contributed by atoms with van der Waals surface area (Å²) < 4.78 is 0. The third-order valence-electron chi connectivity index (χ3n) is 2.12. The van der Waals surface area contributed by atoms with Crippen molar-refractivity contribution < 1.29 is 0 Å². The topological polar surface area (TPSA) is 3.24 Å². The van der Waals surface area contributed by atoms with Crippen LogP contribution in [0.25, 0.3) is 0 Å². The standard InChI is InChI=1S/C9H15N/c1-3-8-10(4-2)9-6-5-7-9/h3-4,9H,1-2,5-8H2. The quantitative estimate of drug-likeness (QED) is 0.537. The molecule has 0 bridgehead atoms. The Balaban J connectivity index is 2.30. The normalized spacial score (nSPS) is 17.6. The van der Waals surface area contributed by atoms with E-state index >= 15 is 0 Å². The summed E-state index contributed by atoms with van der Waals surface area (Å²) in [5, 5.41) is 0. The lowest BCUT2D eigenvalue weighted by atomic mass is 9.92. The molecule has 1 aliphatic rings. The van der Waals surface area contributed by atoms with Crippen molar-refractivity contribution in [3.63, 3.8) is 0 Å². The third kappa shape index (κ3) is 1.41. The summed E-state index contributed by atoms with van der Waals surface area (Å²) in [5.74, 6) is 0. The van der Waals surface area contributed by atoms with Crippen molar-refractivity contribution in [2.24, 2.45) is 0 Å². The molecule has 1 saturated carbocycles. The van der Waals surface area contributed by atoms with Gasteiger partial charge in [-0.05, 0) is 25.5 Å². The van der Waals surface area contributed by atoms with Gasteiger partial charge in [-0.25, -0.2) is 0 Å². The van der Waals surface area contributed by atoms with Gasteiger partial charge in [-0.15, -0.1) is 6.58 Å². The van der Waals surface area contributed by atoms with E-state index in [1.807, 2.05) is 12.3 Å². The zero-order valence-corrected chi connectivity index (χ0v) is 6.42. The first kappa shape index (κ1) is 7.39. The molecule has 0 amide bonds. The van der Waals surface area contributed by atoms with Crippen molar-refractivity contribution in [3.8, 4) is 0 Å². The Morgan fingerprint density at radius 1 is 1.40 bits per heavy atom. The lowest BCUT2D eigenvalue weighted by molar-refractivity contribution is 0.200. The minimum atomic E-state index is 0.760. The van der Waals surface area contributed by atoms with Crippen LogP contribution in [0.3, 0.4) is 0 Å². The van der Waals surface area contributed by atoms with Crippen LogP contribution < -0.4 is 0 Å². The van der Waals surface area contributed by atoms with Crippen LogP contribution in [0.2, 0.25) is 0 Å². The highest BCUT2D eigenvalue weighted by atomic mass is 15.1. The maximum absolute atomic E-state index is 3.76. The molecule has 1 fully saturated rings. The maximum atomic E-state index is 3.76. The average Bonchev–Trinajstić information content (AvgIpc) is 1.83. The molecule has 0 N–H and O–H groups in total. The molecule has 56 valence electrons. The Morgan fingerprint density at radius 3 is 2.40 bits per heavy atom. The first-order valence-electron chi connectivity index (χ1n) is 3.87. The molecular weight excluding hydrogens is 122 g/mol. The number of hydrogen-bond acceptors (Lipinski definition) is 1. The minimum Gasteiger partial charge on any atom is -0.371 e. The van der Waals surface area contributed by atoms with Crippen molar-refractivity contribution in [2.75, 3.05) is 6.54 Å². The van der Waals surface area contributed by atoms with E-state index in [0.717, 1.165) is 12.6 Å². The van der Waals surface area contributed by atoms with Crippen LogP contribution in [-0.4, -0.2) is 17.5 Å². The molecule has 0 aromatic rings. The van der Waals surface area contributed by atoms with E-state index in [1.165, 1.54) is 19.3 Å². The van der Waals surface area contributed by atoms with Crippen molar-refractivity contribution in [2.45, 2.75) is 25.3 Å². The molecule has 0 aromatic heterocycles. The van der Waals surface area contributed by atoms with Crippen molar-refractivity contribution in [1.29, 1.82) is 0 Å². The first-order chi connectivity index (χ1) is 4.88. The molecule has 0 heterocycles. The Morgan fingerprint density at radius 2 is 2.10 bits per heavy atom. The highest BCUT2D eigenvalue weighted by Gasteiger charge is 2.20. The molecular formula is C9H15N. The van der Waals surface area contributed by atoms with Crippen LogP contribution in [0.5, 0.6) is 0 Å². The summed E-state index contributed by atoms with van der Waals surface area (Å²) in [6.45, 7) is 8.41. The summed E-state index contributed by atoms with van der Waals surface area (Å²) >= 11 is 0. The molecule has 0 spiro atoms. The predicted molar refractivity (Wildman–Crippen MR) is 44.7 cm³/mol. The average molecular weight is 137 g/mol. The highest BCUT2D eigenvalue weighted by molar-refractivity contribution is 4.89. The van der Waals surface area contributed by atoms with Gasteiger partial charge in [0.25, 0.3) is 0 Å². The van der Waals surface area contributed by atoms with E-state index in [-0.39, 0.29) is 0 Å². The van der Waals surface area contributed by atoms with Gasteiger partial charge in [-0.1, -0.05) is 12.7 Å². The molecule has 1 aliphatic carbocycles. The SMILES string of the molecule is C=CCN(C=C)C1CCC1. The summed E-state index contributed by atoms with van der Waals surface area (Å²) in [6.07, 6.45) is 7.90. The van der Waals surface area contributed by atoms with E-state index in [0.29, 0.717) is 0 Å². The lowest BCUT2D eigenvalue weighted by Crippen LogP contribution is -2.36. The molecule has 0 atom stereocenters. The fourth-order valence-electron chi connectivity index (χ4n) is 1.24. The molecule has 0 unspecified atom stereocenters. The second kappa shape index (κ2) is 3.45. The monoisotopic (exact) mass is 137 g/mol. The fourth-order valence-corrected chi connectivity index (χ4v) is 1.24. The Kier molecular flexibility index (Phi) is 2.55. The number of hydrogen-bond donors (Lipinski definition) is 0. The summed E-state index contributed by atoms with van der Waals surface area (Å²) in [5.41, 5.74) is 0. The van der Waals surface area contributed by atoms with Gasteiger partial charge >= 0.3 is 0 Å². The van der Waals surface area contributed by atoms with Crippen molar-refractivity contribution in [1.82, 2.24) is 4.90 Å². The zero-order chi connectivity index (χ0) is 7.40. The van der Waals surface area contributed by atoms with Gasteiger partial charge in [0.15, 0.2) is 0 Å². The van der Waals surface area contributed by atoms with Gasteiger partial charge < -0.3 is 4.90 Å². The van der Waals surface area contributed by atoms with Gasteiger partial charge in [0.2, 0.25) is 0 Å². The molecule has 1 heteroatoms. The summed E-state index contributed by atoms with van der Waals surface area (Å²) in [6, 6.07) is 0.760. The van der Waals surface area contributed by atoms with Gasteiger partial charge in [0.05, 0.1) is 0 Å². The molecule has 1 nitrogen and oxygen atoms in total. The van der Waals surface area contributed by atoms with Gasteiger partial charge in [-0.2, -0.15) is 0 Å². The molecule has 0 aromatic carbocycles. The molecule has 1 rings (SSSR count). The van der Waals surface area contributed by atoms with E-state index in [2.05, 4.69) is 18.1 Å². The van der Waals surface area contributed by atoms with E-state index < -0.39 is 0 Å². The van der Waals surface area contributed by atoms with Crippen LogP contribution in [0.15, 0.2) is 25.4 Å². The zero-order valence-electron chi connectivity index (χ0n) is 6.42. The van der Waals surface area contributed by atoms with Crippen molar-refractivity contribution in [3.05, 3.63) is 25.4 Å². The Bertz CT molecular complexity index is 125.